The van der Waals surface area contributed by atoms with Crippen molar-refractivity contribution in [1.82, 2.24) is 5.43 Å². The van der Waals surface area contributed by atoms with Crippen LogP contribution in [-0.2, 0) is 4.74 Å². The number of aliphatic imine (C=N–C) groups is 1. The Morgan fingerprint density at radius 3 is 3.15 bits per heavy atom. The Morgan fingerprint density at radius 1 is 1.50 bits per heavy atom. The Bertz CT molecular complexity index is 541. The first-order chi connectivity index (χ1) is 9.81. The molecule has 3 rings (SSSR count). The van der Waals surface area contributed by atoms with Gasteiger partial charge in [0.2, 0.25) is 0 Å². The summed E-state index contributed by atoms with van der Waals surface area (Å²) in [7, 11) is 0. The second kappa shape index (κ2) is 6.74. The molecule has 2 aliphatic rings. The van der Waals surface area contributed by atoms with Gasteiger partial charge in [0.05, 0.1) is 18.4 Å². The van der Waals surface area contributed by atoms with E-state index in [2.05, 4.69) is 43.6 Å². The van der Waals surface area contributed by atoms with Crippen molar-refractivity contribution in [3.63, 3.8) is 0 Å². The van der Waals surface area contributed by atoms with Crippen LogP contribution >= 0.6 is 27.7 Å². The minimum absolute atomic E-state index is 0.292. The number of benzene rings is 1. The molecule has 2 aliphatic heterocycles. The quantitative estimate of drug-likeness (QED) is 0.908. The van der Waals surface area contributed by atoms with Crippen LogP contribution in [-0.4, -0.2) is 35.9 Å². The molecule has 0 saturated carbocycles. The Kier molecular flexibility index (Phi) is 4.75. The van der Waals surface area contributed by atoms with Gasteiger partial charge in [-0.1, -0.05) is 39.8 Å². The van der Waals surface area contributed by atoms with E-state index in [4.69, 9.17) is 4.74 Å². The Morgan fingerprint density at radius 2 is 2.45 bits per heavy atom. The maximum atomic E-state index is 5.56. The number of hydrogen-bond donors (Lipinski definition) is 1. The third-order valence-electron chi connectivity index (χ3n) is 3.25. The molecule has 4 nitrogen and oxygen atoms in total. The molecule has 1 aromatic rings. The van der Waals surface area contributed by atoms with Crippen LogP contribution in [0.2, 0.25) is 0 Å². The van der Waals surface area contributed by atoms with Crippen molar-refractivity contribution in [1.29, 1.82) is 0 Å². The third kappa shape index (κ3) is 3.62. The Hall–Kier alpha value is -0.850. The molecule has 0 aliphatic carbocycles. The normalized spacial score (nSPS) is 24.6. The predicted molar refractivity (Wildman–Crippen MR) is 87.5 cm³/mol. The minimum Gasteiger partial charge on any atom is -0.376 e. The molecule has 0 bridgehead atoms. The van der Waals surface area contributed by atoms with Crippen LogP contribution in [0.4, 0.5) is 0 Å². The molecule has 0 unspecified atom stereocenters. The van der Waals surface area contributed by atoms with Crippen molar-refractivity contribution in [3.8, 4) is 0 Å². The SMILES string of the molecule is Brc1cccc(C2=NNC(=NC[C@@H]3CCCO3)SC2)c1. The van der Waals surface area contributed by atoms with E-state index in [9.17, 15) is 0 Å². The molecular formula is C14H16BrN3OS. The molecule has 20 heavy (non-hydrogen) atoms. The van der Waals surface area contributed by atoms with Crippen molar-refractivity contribution in [3.05, 3.63) is 34.3 Å². The fraction of sp³-hybridized carbons (Fsp3) is 0.429. The summed E-state index contributed by atoms with van der Waals surface area (Å²) in [4.78, 5) is 4.54. The summed E-state index contributed by atoms with van der Waals surface area (Å²) in [5, 5.41) is 5.31. The number of ether oxygens (including phenoxy) is 1. The van der Waals surface area contributed by atoms with Gasteiger partial charge >= 0.3 is 0 Å². The second-order valence-electron chi connectivity index (χ2n) is 4.75. The number of halogens is 1. The van der Waals surface area contributed by atoms with E-state index in [0.29, 0.717) is 6.10 Å². The summed E-state index contributed by atoms with van der Waals surface area (Å²) in [6.07, 6.45) is 2.57. The van der Waals surface area contributed by atoms with E-state index in [-0.39, 0.29) is 0 Å². The van der Waals surface area contributed by atoms with E-state index in [1.54, 1.807) is 11.8 Å². The molecule has 0 spiro atoms. The second-order valence-corrected chi connectivity index (χ2v) is 6.63. The zero-order valence-corrected chi connectivity index (χ0v) is 13.4. The van der Waals surface area contributed by atoms with E-state index in [0.717, 1.165) is 52.7 Å². The molecule has 0 aromatic heterocycles. The van der Waals surface area contributed by atoms with Gasteiger partial charge in [-0.3, -0.25) is 10.4 Å². The smallest absolute Gasteiger partial charge is 0.177 e. The summed E-state index contributed by atoms with van der Waals surface area (Å²) >= 11 is 5.18. The number of hydrazone groups is 1. The zero-order valence-electron chi connectivity index (χ0n) is 11.0. The molecule has 1 fully saturated rings. The summed E-state index contributed by atoms with van der Waals surface area (Å²) in [5.41, 5.74) is 5.23. The van der Waals surface area contributed by atoms with Gasteiger partial charge in [0.25, 0.3) is 0 Å². The fourth-order valence-corrected chi connectivity index (χ4v) is 3.37. The molecule has 2 heterocycles. The maximum Gasteiger partial charge on any atom is 0.177 e. The number of nitrogens with one attached hydrogen (secondary N) is 1. The lowest BCUT2D eigenvalue weighted by atomic mass is 10.1. The minimum atomic E-state index is 0.292. The van der Waals surface area contributed by atoms with Crippen LogP contribution in [0.3, 0.4) is 0 Å². The summed E-state index contributed by atoms with van der Waals surface area (Å²) in [5.74, 6) is 0.841. The van der Waals surface area contributed by atoms with E-state index < -0.39 is 0 Å². The van der Waals surface area contributed by atoms with Crippen molar-refractivity contribution in [2.45, 2.75) is 18.9 Å². The summed E-state index contributed by atoms with van der Waals surface area (Å²) in [6, 6.07) is 8.19. The molecule has 106 valence electrons. The van der Waals surface area contributed by atoms with Gasteiger partial charge in [-0.05, 0) is 30.5 Å². The van der Waals surface area contributed by atoms with Gasteiger partial charge in [-0.25, -0.2) is 0 Å². The van der Waals surface area contributed by atoms with E-state index in [1.807, 2.05) is 12.1 Å². The first-order valence-electron chi connectivity index (χ1n) is 6.68. The molecule has 1 atom stereocenters. The standard InChI is InChI=1S/C14H16BrN3OS/c15-11-4-1-3-10(7-11)13-9-20-14(18-17-13)16-8-12-5-2-6-19-12/h1,3-4,7,12H,2,5-6,8-9H2,(H,16,18)/t12-/m0/s1. The molecule has 1 saturated heterocycles. The van der Waals surface area contributed by atoms with Crippen molar-refractivity contribution >= 4 is 38.6 Å². The topological polar surface area (TPSA) is 46.0 Å². The lowest BCUT2D eigenvalue weighted by molar-refractivity contribution is 0.118. The summed E-state index contributed by atoms with van der Waals surface area (Å²) < 4.78 is 6.63. The molecule has 1 N–H and O–H groups in total. The Labute approximate surface area is 131 Å². The van der Waals surface area contributed by atoms with Gasteiger partial charge in [0.1, 0.15) is 0 Å². The van der Waals surface area contributed by atoms with Crippen molar-refractivity contribution in [2.24, 2.45) is 10.1 Å². The van der Waals surface area contributed by atoms with E-state index >= 15 is 0 Å². The predicted octanol–water partition coefficient (Wildman–Crippen LogP) is 3.02. The first-order valence-corrected chi connectivity index (χ1v) is 8.46. The molecule has 0 amide bonds. The average molecular weight is 354 g/mol. The van der Waals surface area contributed by atoms with E-state index in [1.165, 1.54) is 0 Å². The van der Waals surface area contributed by atoms with Crippen molar-refractivity contribution in [2.75, 3.05) is 18.9 Å². The van der Waals surface area contributed by atoms with Gasteiger partial charge in [-0.15, -0.1) is 0 Å². The third-order valence-corrected chi connectivity index (χ3v) is 4.66. The van der Waals surface area contributed by atoms with Gasteiger partial charge < -0.3 is 4.74 Å². The van der Waals surface area contributed by atoms with Crippen LogP contribution in [0.5, 0.6) is 0 Å². The van der Waals surface area contributed by atoms with Crippen LogP contribution in [0.15, 0.2) is 38.8 Å². The first kappa shape index (κ1) is 14.1. The molecular weight excluding hydrogens is 338 g/mol. The molecule has 6 heteroatoms. The highest BCUT2D eigenvalue weighted by atomic mass is 79.9. The fourth-order valence-electron chi connectivity index (χ4n) is 2.19. The van der Waals surface area contributed by atoms with Crippen LogP contribution in [0.1, 0.15) is 18.4 Å². The van der Waals surface area contributed by atoms with Crippen LogP contribution < -0.4 is 5.43 Å². The van der Waals surface area contributed by atoms with Crippen LogP contribution in [0.25, 0.3) is 0 Å². The highest BCUT2D eigenvalue weighted by Gasteiger charge is 2.17. The highest BCUT2D eigenvalue weighted by molar-refractivity contribution is 9.10. The average Bonchev–Trinajstić information content (AvgIpc) is 2.99. The number of nitrogens with zero attached hydrogens (tertiary/aromatic N) is 2. The van der Waals surface area contributed by atoms with Gasteiger partial charge in [0, 0.05) is 16.8 Å². The molecule has 0 radical (unpaired) electrons. The van der Waals surface area contributed by atoms with Crippen LogP contribution in [0, 0.1) is 0 Å². The zero-order chi connectivity index (χ0) is 13.8. The van der Waals surface area contributed by atoms with Crippen molar-refractivity contribution < 1.29 is 4.74 Å². The monoisotopic (exact) mass is 353 g/mol. The number of thioether (sulfide) groups is 1. The number of hydrogen-bond acceptors (Lipinski definition) is 4. The number of rotatable bonds is 3. The largest absolute Gasteiger partial charge is 0.376 e. The lowest BCUT2D eigenvalue weighted by Crippen LogP contribution is -2.26. The number of amidine groups is 1. The highest BCUT2D eigenvalue weighted by Crippen LogP contribution is 2.18. The Balaban J connectivity index is 1.61. The summed E-state index contributed by atoms with van der Waals surface area (Å²) in [6.45, 7) is 1.61. The van der Waals surface area contributed by atoms with Gasteiger partial charge in [0.15, 0.2) is 5.17 Å². The maximum absolute atomic E-state index is 5.56. The molecule has 1 aromatic carbocycles. The lowest BCUT2D eigenvalue weighted by Gasteiger charge is -2.15. The van der Waals surface area contributed by atoms with Gasteiger partial charge in [-0.2, -0.15) is 5.10 Å².